The minimum atomic E-state index is -0.795. The van der Waals surface area contributed by atoms with Gasteiger partial charge in [0.25, 0.3) is 0 Å². The fraction of sp³-hybridized carbons (Fsp3) is 0.462. The minimum Gasteiger partial charge on any atom is -0.480 e. The molecular formula is C13H16FNO2. The van der Waals surface area contributed by atoms with E-state index < -0.39 is 5.97 Å². The van der Waals surface area contributed by atoms with Crippen molar-refractivity contribution in [2.45, 2.75) is 25.3 Å². The van der Waals surface area contributed by atoms with Crippen LogP contribution in [0.3, 0.4) is 0 Å². The Morgan fingerprint density at radius 3 is 3.06 bits per heavy atom. The van der Waals surface area contributed by atoms with Crippen LogP contribution in [0.5, 0.6) is 0 Å². The topological polar surface area (TPSA) is 40.5 Å². The quantitative estimate of drug-likeness (QED) is 0.869. The Morgan fingerprint density at radius 1 is 1.53 bits per heavy atom. The highest BCUT2D eigenvalue weighted by Gasteiger charge is 2.26. The molecule has 4 heteroatoms. The maximum Gasteiger partial charge on any atom is 0.317 e. The summed E-state index contributed by atoms with van der Waals surface area (Å²) in [4.78, 5) is 12.7. The molecular weight excluding hydrogens is 221 g/mol. The zero-order valence-corrected chi connectivity index (χ0v) is 9.60. The van der Waals surface area contributed by atoms with Crippen LogP contribution in [0.15, 0.2) is 24.3 Å². The second-order valence-electron chi connectivity index (χ2n) is 4.49. The third-order valence-corrected chi connectivity index (χ3v) is 3.20. The molecule has 0 saturated carbocycles. The molecule has 1 aromatic carbocycles. The summed E-state index contributed by atoms with van der Waals surface area (Å²) >= 11 is 0. The van der Waals surface area contributed by atoms with Crippen molar-refractivity contribution in [1.29, 1.82) is 0 Å². The van der Waals surface area contributed by atoms with Crippen LogP contribution in [-0.4, -0.2) is 35.1 Å². The Labute approximate surface area is 99.9 Å². The molecule has 1 atom stereocenters. The normalized spacial score (nSPS) is 20.6. The maximum atomic E-state index is 13.0. The molecule has 1 aliphatic rings. The van der Waals surface area contributed by atoms with E-state index in [9.17, 15) is 9.18 Å². The third kappa shape index (κ3) is 3.27. The maximum absolute atomic E-state index is 13.0. The molecule has 1 aliphatic heterocycles. The number of hydrogen-bond acceptors (Lipinski definition) is 2. The average molecular weight is 237 g/mol. The number of aliphatic carboxylic acids is 1. The highest BCUT2D eigenvalue weighted by atomic mass is 19.1. The highest BCUT2D eigenvalue weighted by molar-refractivity contribution is 5.69. The van der Waals surface area contributed by atoms with Gasteiger partial charge >= 0.3 is 5.97 Å². The van der Waals surface area contributed by atoms with E-state index in [-0.39, 0.29) is 18.4 Å². The van der Waals surface area contributed by atoms with E-state index in [0.717, 1.165) is 31.4 Å². The fourth-order valence-electron chi connectivity index (χ4n) is 2.44. The summed E-state index contributed by atoms with van der Waals surface area (Å²) in [5.41, 5.74) is 0.937. The number of carboxylic acid groups (broad SMARTS) is 1. The monoisotopic (exact) mass is 237 g/mol. The van der Waals surface area contributed by atoms with Crippen molar-refractivity contribution in [2.24, 2.45) is 0 Å². The molecule has 0 radical (unpaired) electrons. The van der Waals surface area contributed by atoms with Gasteiger partial charge in [-0.1, -0.05) is 12.1 Å². The van der Waals surface area contributed by atoms with Crippen molar-refractivity contribution in [3.8, 4) is 0 Å². The van der Waals surface area contributed by atoms with Gasteiger partial charge in [-0.3, -0.25) is 9.69 Å². The lowest BCUT2D eigenvalue weighted by Crippen LogP contribution is -2.35. The van der Waals surface area contributed by atoms with E-state index >= 15 is 0 Å². The first kappa shape index (κ1) is 12.0. The summed E-state index contributed by atoms with van der Waals surface area (Å²) in [7, 11) is 0. The Bertz CT molecular complexity index is 408. The van der Waals surface area contributed by atoms with Crippen molar-refractivity contribution >= 4 is 5.97 Å². The Hall–Kier alpha value is -1.42. The second-order valence-corrected chi connectivity index (χ2v) is 4.49. The first-order valence-electron chi connectivity index (χ1n) is 5.85. The molecule has 3 nitrogen and oxygen atoms in total. The first-order valence-corrected chi connectivity index (χ1v) is 5.85. The molecule has 1 fully saturated rings. The van der Waals surface area contributed by atoms with Crippen LogP contribution in [0, 0.1) is 5.82 Å². The number of likely N-dealkylation sites (tertiary alicyclic amines) is 1. The van der Waals surface area contributed by atoms with E-state index in [1.807, 2.05) is 11.0 Å². The molecule has 1 N–H and O–H groups in total. The van der Waals surface area contributed by atoms with E-state index in [0.29, 0.717) is 0 Å². The van der Waals surface area contributed by atoms with Gasteiger partial charge in [-0.2, -0.15) is 0 Å². The summed E-state index contributed by atoms with van der Waals surface area (Å²) < 4.78 is 13.0. The predicted molar refractivity (Wildman–Crippen MR) is 62.3 cm³/mol. The Morgan fingerprint density at radius 2 is 2.35 bits per heavy atom. The van der Waals surface area contributed by atoms with Crippen LogP contribution in [0.2, 0.25) is 0 Å². The number of carboxylic acids is 1. The summed E-state index contributed by atoms with van der Waals surface area (Å²) in [6.07, 6.45) is 2.74. The molecule has 17 heavy (non-hydrogen) atoms. The molecule has 0 unspecified atom stereocenters. The van der Waals surface area contributed by atoms with Crippen molar-refractivity contribution in [3.05, 3.63) is 35.6 Å². The molecule has 1 saturated heterocycles. The van der Waals surface area contributed by atoms with Crippen LogP contribution >= 0.6 is 0 Å². The summed E-state index contributed by atoms with van der Waals surface area (Å²) in [6, 6.07) is 6.76. The molecule has 0 bridgehead atoms. The van der Waals surface area contributed by atoms with Gasteiger partial charge in [-0.15, -0.1) is 0 Å². The molecule has 0 aromatic heterocycles. The molecule has 1 aromatic rings. The highest BCUT2D eigenvalue weighted by Crippen LogP contribution is 2.21. The molecule has 0 aliphatic carbocycles. The molecule has 1 heterocycles. The third-order valence-electron chi connectivity index (χ3n) is 3.20. The number of rotatable bonds is 4. The number of benzene rings is 1. The largest absolute Gasteiger partial charge is 0.480 e. The zero-order valence-electron chi connectivity index (χ0n) is 9.60. The molecule has 0 spiro atoms. The van der Waals surface area contributed by atoms with Gasteiger partial charge in [-0.25, -0.2) is 4.39 Å². The summed E-state index contributed by atoms with van der Waals surface area (Å²) in [5.74, 6) is -1.03. The molecule has 92 valence electrons. The number of nitrogens with zero attached hydrogens (tertiary/aromatic N) is 1. The average Bonchev–Trinajstić information content (AvgIpc) is 2.65. The lowest BCUT2D eigenvalue weighted by molar-refractivity contribution is -0.138. The summed E-state index contributed by atoms with van der Waals surface area (Å²) in [6.45, 7) is 0.909. The standard InChI is InChI=1S/C13H16FNO2/c14-11-4-1-3-10(7-11)8-12-5-2-6-15(12)9-13(16)17/h1,3-4,7,12H,2,5-6,8-9H2,(H,16,17)/t12-/m0/s1. The van der Waals surface area contributed by atoms with Gasteiger partial charge in [0.05, 0.1) is 6.54 Å². The lowest BCUT2D eigenvalue weighted by Gasteiger charge is -2.22. The number of carbonyl (C=O) groups is 1. The molecule has 0 amide bonds. The van der Waals surface area contributed by atoms with Gasteiger partial charge in [0.2, 0.25) is 0 Å². The Kier molecular flexibility index (Phi) is 3.74. The molecule has 2 rings (SSSR count). The SMILES string of the molecule is O=C(O)CN1CCC[C@H]1Cc1cccc(F)c1. The zero-order chi connectivity index (χ0) is 12.3. The van der Waals surface area contributed by atoms with Crippen LogP contribution in [0.4, 0.5) is 4.39 Å². The van der Waals surface area contributed by atoms with Crippen molar-refractivity contribution in [1.82, 2.24) is 4.90 Å². The number of hydrogen-bond donors (Lipinski definition) is 1. The minimum absolute atomic E-state index is 0.0833. The van der Waals surface area contributed by atoms with Gasteiger partial charge in [-0.05, 0) is 43.5 Å². The first-order chi connectivity index (χ1) is 8.15. The van der Waals surface area contributed by atoms with Gasteiger partial charge in [0.15, 0.2) is 0 Å². The van der Waals surface area contributed by atoms with E-state index in [4.69, 9.17) is 5.11 Å². The van der Waals surface area contributed by atoms with E-state index in [1.54, 1.807) is 6.07 Å². The van der Waals surface area contributed by atoms with Crippen molar-refractivity contribution in [3.63, 3.8) is 0 Å². The Balaban J connectivity index is 2.00. The van der Waals surface area contributed by atoms with Gasteiger partial charge in [0.1, 0.15) is 5.82 Å². The van der Waals surface area contributed by atoms with Gasteiger partial charge < -0.3 is 5.11 Å². The predicted octanol–water partition coefficient (Wildman–Crippen LogP) is 1.92. The van der Waals surface area contributed by atoms with Crippen LogP contribution < -0.4 is 0 Å². The van der Waals surface area contributed by atoms with E-state index in [1.165, 1.54) is 12.1 Å². The number of halogens is 1. The summed E-state index contributed by atoms with van der Waals surface area (Å²) in [5, 5.41) is 8.80. The van der Waals surface area contributed by atoms with E-state index in [2.05, 4.69) is 0 Å². The van der Waals surface area contributed by atoms with Crippen molar-refractivity contribution in [2.75, 3.05) is 13.1 Å². The second kappa shape index (κ2) is 5.27. The van der Waals surface area contributed by atoms with Crippen molar-refractivity contribution < 1.29 is 14.3 Å². The lowest BCUT2D eigenvalue weighted by atomic mass is 10.0. The fourth-order valence-corrected chi connectivity index (χ4v) is 2.44. The van der Waals surface area contributed by atoms with Crippen LogP contribution in [0.1, 0.15) is 18.4 Å². The van der Waals surface area contributed by atoms with Crippen LogP contribution in [0.25, 0.3) is 0 Å². The van der Waals surface area contributed by atoms with Gasteiger partial charge in [0, 0.05) is 6.04 Å². The van der Waals surface area contributed by atoms with Crippen LogP contribution in [-0.2, 0) is 11.2 Å². The smallest absolute Gasteiger partial charge is 0.317 e.